The van der Waals surface area contributed by atoms with Crippen LogP contribution in [0.15, 0.2) is 0 Å². The Hall–Kier alpha value is -0.570. The molecule has 0 aromatic carbocycles. The highest BCUT2D eigenvalue weighted by Gasteiger charge is 2.47. The summed E-state index contributed by atoms with van der Waals surface area (Å²) < 4.78 is 5.23. The monoisotopic (exact) mass is 227 g/mol. The average Bonchev–Trinajstić information content (AvgIpc) is 2.58. The maximum Gasteiger partial charge on any atom is 0.326 e. The first-order valence-corrected chi connectivity index (χ1v) is 6.45. The van der Waals surface area contributed by atoms with Gasteiger partial charge in [-0.25, -0.2) is 0 Å². The Morgan fingerprint density at radius 2 is 2.25 bits per heavy atom. The Bertz CT molecular complexity index is 240. The molecule has 0 amide bonds. The van der Waals surface area contributed by atoms with E-state index in [1.807, 2.05) is 6.92 Å². The maximum atomic E-state index is 12.1. The van der Waals surface area contributed by atoms with Gasteiger partial charge in [0.25, 0.3) is 0 Å². The van der Waals surface area contributed by atoms with Crippen molar-refractivity contribution in [3.05, 3.63) is 0 Å². The molecule has 1 aliphatic carbocycles. The molecule has 1 aliphatic rings. The van der Waals surface area contributed by atoms with Gasteiger partial charge in [0.15, 0.2) is 0 Å². The first-order valence-electron chi connectivity index (χ1n) is 6.45. The molecule has 2 unspecified atom stereocenters. The van der Waals surface area contributed by atoms with E-state index in [0.29, 0.717) is 18.4 Å². The molecule has 3 heteroatoms. The molecule has 1 saturated carbocycles. The van der Waals surface area contributed by atoms with Crippen LogP contribution in [0.2, 0.25) is 0 Å². The molecule has 1 rings (SSSR count). The summed E-state index contributed by atoms with van der Waals surface area (Å²) in [7, 11) is 0. The lowest BCUT2D eigenvalue weighted by Gasteiger charge is -2.33. The van der Waals surface area contributed by atoms with Crippen LogP contribution in [0.3, 0.4) is 0 Å². The molecule has 0 aromatic heterocycles. The number of carbonyl (C=O) groups excluding carboxylic acids is 1. The van der Waals surface area contributed by atoms with Crippen LogP contribution in [-0.2, 0) is 9.53 Å². The van der Waals surface area contributed by atoms with Crippen LogP contribution in [0.4, 0.5) is 0 Å². The second-order valence-electron chi connectivity index (χ2n) is 5.26. The first kappa shape index (κ1) is 13.5. The summed E-state index contributed by atoms with van der Waals surface area (Å²) in [5.41, 5.74) is -0.416. The van der Waals surface area contributed by atoms with Crippen molar-refractivity contribution >= 4 is 5.97 Å². The molecule has 94 valence electrons. The molecule has 1 N–H and O–H groups in total. The first-order chi connectivity index (χ1) is 7.53. The molecule has 2 atom stereocenters. The zero-order chi connectivity index (χ0) is 12.2. The predicted molar refractivity (Wildman–Crippen MR) is 65.2 cm³/mol. The minimum absolute atomic E-state index is 0.0550. The Labute approximate surface area is 98.9 Å². The van der Waals surface area contributed by atoms with Crippen LogP contribution >= 0.6 is 0 Å². The number of ether oxygens (including phenoxy) is 1. The number of carbonyl (C=O) groups is 1. The fourth-order valence-corrected chi connectivity index (χ4v) is 2.46. The molecule has 0 aromatic rings. The zero-order valence-corrected chi connectivity index (χ0v) is 11.0. The molecular weight excluding hydrogens is 202 g/mol. The van der Waals surface area contributed by atoms with Gasteiger partial charge in [-0.3, -0.25) is 4.79 Å². The van der Waals surface area contributed by atoms with Gasteiger partial charge in [0, 0.05) is 0 Å². The van der Waals surface area contributed by atoms with Crippen LogP contribution in [0.25, 0.3) is 0 Å². The van der Waals surface area contributed by atoms with Crippen LogP contribution in [-0.4, -0.2) is 24.7 Å². The largest absolute Gasteiger partial charge is 0.465 e. The van der Waals surface area contributed by atoms with E-state index in [-0.39, 0.29) is 5.97 Å². The molecule has 0 bridgehead atoms. The Balaban J connectivity index is 2.72. The van der Waals surface area contributed by atoms with Crippen molar-refractivity contribution in [2.45, 2.75) is 52.5 Å². The summed E-state index contributed by atoms with van der Waals surface area (Å²) in [6.45, 7) is 9.68. The summed E-state index contributed by atoms with van der Waals surface area (Å²) in [6.07, 6.45) is 3.15. The highest BCUT2D eigenvalue weighted by Crippen LogP contribution is 2.36. The van der Waals surface area contributed by atoms with E-state index in [4.69, 9.17) is 4.74 Å². The Morgan fingerprint density at radius 3 is 2.69 bits per heavy atom. The molecule has 1 fully saturated rings. The maximum absolute atomic E-state index is 12.1. The molecule has 0 aliphatic heterocycles. The SMILES string of the molecule is CCOC(=O)C1(NCC(C)C)CCCC1C. The van der Waals surface area contributed by atoms with Gasteiger partial charge in [-0.1, -0.05) is 27.2 Å². The smallest absolute Gasteiger partial charge is 0.326 e. The topological polar surface area (TPSA) is 38.3 Å². The van der Waals surface area contributed by atoms with E-state index < -0.39 is 5.54 Å². The standard InChI is InChI=1S/C13H25NO2/c1-5-16-12(15)13(14-9-10(2)3)8-6-7-11(13)4/h10-11,14H,5-9H2,1-4H3. The van der Waals surface area contributed by atoms with Crippen LogP contribution < -0.4 is 5.32 Å². The van der Waals surface area contributed by atoms with Gasteiger partial charge in [-0.2, -0.15) is 0 Å². The van der Waals surface area contributed by atoms with E-state index in [1.54, 1.807) is 0 Å². The highest BCUT2D eigenvalue weighted by molar-refractivity contribution is 5.81. The van der Waals surface area contributed by atoms with Crippen molar-refractivity contribution in [3.8, 4) is 0 Å². The second kappa shape index (κ2) is 5.67. The summed E-state index contributed by atoms with van der Waals surface area (Å²) in [5, 5.41) is 3.45. The second-order valence-corrected chi connectivity index (χ2v) is 5.26. The lowest BCUT2D eigenvalue weighted by molar-refractivity contribution is -0.152. The van der Waals surface area contributed by atoms with E-state index in [9.17, 15) is 4.79 Å². The number of hydrogen-bond acceptors (Lipinski definition) is 3. The highest BCUT2D eigenvalue weighted by atomic mass is 16.5. The number of hydrogen-bond donors (Lipinski definition) is 1. The van der Waals surface area contributed by atoms with Gasteiger partial charge in [0.2, 0.25) is 0 Å². The lowest BCUT2D eigenvalue weighted by atomic mass is 9.88. The van der Waals surface area contributed by atoms with Gasteiger partial charge in [-0.05, 0) is 38.1 Å². The lowest BCUT2D eigenvalue weighted by Crippen LogP contribution is -2.55. The number of esters is 1. The third-order valence-electron chi connectivity index (χ3n) is 3.51. The Kier molecular flexibility index (Phi) is 4.78. The van der Waals surface area contributed by atoms with Gasteiger partial charge in [0.05, 0.1) is 6.61 Å². The molecule has 16 heavy (non-hydrogen) atoms. The van der Waals surface area contributed by atoms with Crippen LogP contribution in [0, 0.1) is 11.8 Å². The molecule has 0 spiro atoms. The molecule has 0 radical (unpaired) electrons. The minimum Gasteiger partial charge on any atom is -0.465 e. The average molecular weight is 227 g/mol. The number of nitrogens with one attached hydrogen (secondary N) is 1. The zero-order valence-electron chi connectivity index (χ0n) is 11.0. The van der Waals surface area contributed by atoms with Gasteiger partial charge in [0.1, 0.15) is 5.54 Å². The minimum atomic E-state index is -0.416. The van der Waals surface area contributed by atoms with Gasteiger partial charge in [-0.15, -0.1) is 0 Å². The van der Waals surface area contributed by atoms with Crippen LogP contribution in [0.1, 0.15) is 47.0 Å². The summed E-state index contributed by atoms with van der Waals surface area (Å²) in [5.74, 6) is 0.880. The van der Waals surface area contributed by atoms with E-state index >= 15 is 0 Å². The number of rotatable bonds is 5. The van der Waals surface area contributed by atoms with E-state index in [2.05, 4.69) is 26.1 Å². The van der Waals surface area contributed by atoms with Crippen molar-refractivity contribution < 1.29 is 9.53 Å². The van der Waals surface area contributed by atoms with Gasteiger partial charge >= 0.3 is 5.97 Å². The fourth-order valence-electron chi connectivity index (χ4n) is 2.46. The third kappa shape index (κ3) is 2.76. The van der Waals surface area contributed by atoms with Crippen molar-refractivity contribution in [2.24, 2.45) is 11.8 Å². The summed E-state index contributed by atoms with van der Waals surface area (Å²) in [6, 6.07) is 0. The molecule has 0 saturated heterocycles. The molecular formula is C13H25NO2. The van der Waals surface area contributed by atoms with E-state index in [0.717, 1.165) is 25.8 Å². The third-order valence-corrected chi connectivity index (χ3v) is 3.51. The normalized spacial score (nSPS) is 29.7. The summed E-state index contributed by atoms with van der Waals surface area (Å²) in [4.78, 5) is 12.1. The van der Waals surface area contributed by atoms with Crippen molar-refractivity contribution in [1.82, 2.24) is 5.32 Å². The van der Waals surface area contributed by atoms with Crippen molar-refractivity contribution in [2.75, 3.05) is 13.2 Å². The molecule has 0 heterocycles. The quantitative estimate of drug-likeness (QED) is 0.733. The fraction of sp³-hybridized carbons (Fsp3) is 0.923. The van der Waals surface area contributed by atoms with Crippen molar-refractivity contribution in [3.63, 3.8) is 0 Å². The van der Waals surface area contributed by atoms with Crippen molar-refractivity contribution in [1.29, 1.82) is 0 Å². The van der Waals surface area contributed by atoms with Gasteiger partial charge < -0.3 is 10.1 Å². The Morgan fingerprint density at radius 1 is 1.56 bits per heavy atom. The summed E-state index contributed by atoms with van der Waals surface area (Å²) >= 11 is 0. The predicted octanol–water partition coefficient (Wildman–Crippen LogP) is 2.35. The van der Waals surface area contributed by atoms with E-state index in [1.165, 1.54) is 0 Å². The molecule has 3 nitrogen and oxygen atoms in total. The van der Waals surface area contributed by atoms with Crippen LogP contribution in [0.5, 0.6) is 0 Å².